The molecule has 2 aromatic carbocycles. The molecule has 0 unspecified atom stereocenters. The largest absolute Gasteiger partial charge is 0.872 e. The van der Waals surface area contributed by atoms with Gasteiger partial charge in [0.05, 0.1) is 18.0 Å². The highest BCUT2D eigenvalue weighted by Gasteiger charge is 2.05. The third-order valence-electron chi connectivity index (χ3n) is 2.47. The molecule has 0 aliphatic heterocycles. The van der Waals surface area contributed by atoms with E-state index in [0.29, 0.717) is 18.0 Å². The van der Waals surface area contributed by atoms with Crippen LogP contribution in [-0.2, 0) is 0 Å². The molecule has 1 N–H and O–H groups in total. The second-order valence-electron chi connectivity index (χ2n) is 3.73. The van der Waals surface area contributed by atoms with Crippen molar-refractivity contribution in [3.63, 3.8) is 0 Å². The summed E-state index contributed by atoms with van der Waals surface area (Å²) in [5.41, 5.74) is 1.15. The topological polar surface area (TPSA) is 55.8 Å². The van der Waals surface area contributed by atoms with Crippen LogP contribution in [0.5, 0.6) is 11.5 Å². The molecule has 4 nitrogen and oxygen atoms in total. The molecule has 2 rings (SSSR count). The summed E-state index contributed by atoms with van der Waals surface area (Å²) in [5.74, 6) is 0.670. The maximum absolute atomic E-state index is 11.0. The molecule has 0 saturated carbocycles. The highest BCUT2D eigenvalue weighted by molar-refractivity contribution is 5.61. The Hall–Kier alpha value is -2.20. The lowest BCUT2D eigenvalue weighted by Gasteiger charge is -2.18. The quantitative estimate of drug-likeness (QED) is 0.840. The van der Waals surface area contributed by atoms with Crippen LogP contribution < -0.4 is 14.9 Å². The van der Waals surface area contributed by atoms with Gasteiger partial charge in [0.15, 0.2) is 0 Å². The number of ether oxygens (including phenoxy) is 1. The highest BCUT2D eigenvalue weighted by Crippen LogP contribution is 2.26. The molecule has 0 atom stereocenters. The van der Waals surface area contributed by atoms with E-state index in [1.807, 2.05) is 6.92 Å². The first kappa shape index (κ1) is 12.3. The highest BCUT2D eigenvalue weighted by atomic mass is 16.5. The Morgan fingerprint density at radius 1 is 1.00 bits per heavy atom. The van der Waals surface area contributed by atoms with E-state index in [1.165, 1.54) is 12.1 Å². The first-order valence-corrected chi connectivity index (χ1v) is 5.69. The van der Waals surface area contributed by atoms with Crippen LogP contribution in [0.1, 0.15) is 6.92 Å². The van der Waals surface area contributed by atoms with Crippen molar-refractivity contribution in [3.05, 3.63) is 48.5 Å². The Balaban J connectivity index is 2.17. The molecule has 0 saturated heterocycles. The first-order chi connectivity index (χ1) is 8.70. The van der Waals surface area contributed by atoms with Crippen molar-refractivity contribution < 1.29 is 15.1 Å². The fraction of sp³-hybridized carbons (Fsp3) is 0.143. The molecule has 0 aliphatic carbocycles. The van der Waals surface area contributed by atoms with Gasteiger partial charge in [-0.3, -0.25) is 5.21 Å². The van der Waals surface area contributed by atoms with E-state index in [4.69, 9.17) is 4.74 Å². The van der Waals surface area contributed by atoms with Gasteiger partial charge in [0.25, 0.3) is 0 Å². The van der Waals surface area contributed by atoms with E-state index >= 15 is 0 Å². The van der Waals surface area contributed by atoms with Crippen molar-refractivity contribution in [2.45, 2.75) is 6.92 Å². The Labute approximate surface area is 106 Å². The molecular weight excluding hydrogens is 230 g/mol. The van der Waals surface area contributed by atoms with E-state index in [1.54, 1.807) is 36.4 Å². The number of hydrogen-bond donors (Lipinski definition) is 1. The van der Waals surface area contributed by atoms with Crippen molar-refractivity contribution in [1.29, 1.82) is 0 Å². The Kier molecular flexibility index (Phi) is 3.69. The summed E-state index contributed by atoms with van der Waals surface area (Å²) in [6.07, 6.45) is 0. The standard InChI is InChI=1S/C14H15NO3/c1-2-18-14-9-5-12(6-10-14)15(17)11-3-7-13(16)8-4-11/h3-10,16-17H,2H2,1H3/p-1. The van der Waals surface area contributed by atoms with Crippen LogP contribution in [-0.4, -0.2) is 11.8 Å². The van der Waals surface area contributed by atoms with Crippen molar-refractivity contribution >= 4 is 11.4 Å². The lowest BCUT2D eigenvalue weighted by Crippen LogP contribution is -2.10. The summed E-state index contributed by atoms with van der Waals surface area (Å²) in [6.45, 7) is 2.52. The van der Waals surface area contributed by atoms with Crippen LogP contribution in [0.4, 0.5) is 11.4 Å². The van der Waals surface area contributed by atoms with Gasteiger partial charge >= 0.3 is 0 Å². The van der Waals surface area contributed by atoms with Crippen LogP contribution in [0.2, 0.25) is 0 Å². The summed E-state index contributed by atoms with van der Waals surface area (Å²) in [6, 6.07) is 13.0. The number of hydrogen-bond acceptors (Lipinski definition) is 4. The van der Waals surface area contributed by atoms with Gasteiger partial charge in [-0.1, -0.05) is 12.1 Å². The predicted octanol–water partition coefficient (Wildman–Crippen LogP) is 2.69. The van der Waals surface area contributed by atoms with Gasteiger partial charge in [0.2, 0.25) is 0 Å². The summed E-state index contributed by atoms with van der Waals surface area (Å²) in [7, 11) is 0. The average molecular weight is 244 g/mol. The fourth-order valence-corrected chi connectivity index (χ4v) is 1.59. The Bertz CT molecular complexity index is 493. The third-order valence-corrected chi connectivity index (χ3v) is 2.47. The molecule has 94 valence electrons. The fourth-order valence-electron chi connectivity index (χ4n) is 1.59. The lowest BCUT2D eigenvalue weighted by atomic mass is 10.2. The first-order valence-electron chi connectivity index (χ1n) is 5.69. The second-order valence-corrected chi connectivity index (χ2v) is 3.73. The maximum Gasteiger partial charge on any atom is 0.119 e. The van der Waals surface area contributed by atoms with Crippen LogP contribution in [0.15, 0.2) is 48.5 Å². The molecule has 0 amide bonds. The molecule has 0 radical (unpaired) electrons. The molecular formula is C14H14NO3-. The number of nitrogens with zero attached hydrogens (tertiary/aromatic N) is 1. The molecule has 0 aromatic heterocycles. The van der Waals surface area contributed by atoms with Gasteiger partial charge in [-0.15, -0.1) is 5.75 Å². The van der Waals surface area contributed by atoms with Crippen LogP contribution in [0, 0.1) is 0 Å². The van der Waals surface area contributed by atoms with Gasteiger partial charge < -0.3 is 9.84 Å². The number of anilines is 2. The van der Waals surface area contributed by atoms with Crippen LogP contribution in [0.25, 0.3) is 0 Å². The third kappa shape index (κ3) is 2.73. The minimum Gasteiger partial charge on any atom is -0.872 e. The van der Waals surface area contributed by atoms with Gasteiger partial charge in [-0.25, -0.2) is 5.06 Å². The van der Waals surface area contributed by atoms with E-state index in [0.717, 1.165) is 10.8 Å². The lowest BCUT2D eigenvalue weighted by molar-refractivity contribution is -0.268. The summed E-state index contributed by atoms with van der Waals surface area (Å²) >= 11 is 0. The molecule has 4 heteroatoms. The van der Waals surface area contributed by atoms with Crippen molar-refractivity contribution in [1.82, 2.24) is 0 Å². The molecule has 2 aromatic rings. The van der Waals surface area contributed by atoms with Crippen LogP contribution in [0.3, 0.4) is 0 Å². The predicted molar refractivity (Wildman–Crippen MR) is 67.4 cm³/mol. The Morgan fingerprint density at radius 3 is 2.00 bits per heavy atom. The summed E-state index contributed by atoms with van der Waals surface area (Å²) in [4.78, 5) is 0. The van der Waals surface area contributed by atoms with Gasteiger partial charge in [-0.2, -0.15) is 0 Å². The van der Waals surface area contributed by atoms with Crippen molar-refractivity contribution in [3.8, 4) is 11.5 Å². The number of rotatable bonds is 4. The van der Waals surface area contributed by atoms with Crippen LogP contribution >= 0.6 is 0 Å². The molecule has 0 aliphatic rings. The SMILES string of the molecule is CCOc1ccc(N(O)c2ccc([O-])cc2)cc1. The zero-order valence-electron chi connectivity index (χ0n) is 10.0. The minimum absolute atomic E-state index is 0.0844. The van der Waals surface area contributed by atoms with Crippen molar-refractivity contribution in [2.24, 2.45) is 0 Å². The van der Waals surface area contributed by atoms with E-state index in [2.05, 4.69) is 0 Å². The zero-order chi connectivity index (χ0) is 13.0. The minimum atomic E-state index is -0.0844. The molecule has 18 heavy (non-hydrogen) atoms. The molecule has 0 heterocycles. The van der Waals surface area contributed by atoms with E-state index in [9.17, 15) is 10.3 Å². The van der Waals surface area contributed by atoms with E-state index in [-0.39, 0.29) is 5.75 Å². The summed E-state index contributed by atoms with van der Waals surface area (Å²) < 4.78 is 5.32. The smallest absolute Gasteiger partial charge is 0.119 e. The Morgan fingerprint density at radius 2 is 1.50 bits per heavy atom. The zero-order valence-corrected chi connectivity index (χ0v) is 10.0. The second kappa shape index (κ2) is 5.42. The monoisotopic (exact) mass is 244 g/mol. The average Bonchev–Trinajstić information content (AvgIpc) is 2.40. The van der Waals surface area contributed by atoms with Crippen molar-refractivity contribution in [2.75, 3.05) is 11.7 Å². The number of benzene rings is 2. The van der Waals surface area contributed by atoms with E-state index < -0.39 is 0 Å². The van der Waals surface area contributed by atoms with Gasteiger partial charge in [0, 0.05) is 0 Å². The molecule has 0 spiro atoms. The van der Waals surface area contributed by atoms with Gasteiger partial charge in [-0.05, 0) is 43.3 Å². The molecule has 0 bridgehead atoms. The normalized spacial score (nSPS) is 10.1. The van der Waals surface area contributed by atoms with Gasteiger partial charge in [0.1, 0.15) is 5.75 Å². The maximum atomic E-state index is 11.0. The summed E-state index contributed by atoms with van der Waals surface area (Å²) in [5, 5.41) is 22.0. The molecule has 0 fully saturated rings.